The number of thioether (sulfide) groups is 1. The van der Waals surface area contributed by atoms with Gasteiger partial charge in [0.1, 0.15) is 0 Å². The summed E-state index contributed by atoms with van der Waals surface area (Å²) >= 11 is 4.45. The lowest BCUT2D eigenvalue weighted by Crippen LogP contribution is -2.31. The van der Waals surface area contributed by atoms with E-state index in [4.69, 9.17) is 0 Å². The van der Waals surface area contributed by atoms with Gasteiger partial charge in [-0.3, -0.25) is 14.4 Å². The molecule has 0 bridgehead atoms. The van der Waals surface area contributed by atoms with E-state index in [2.05, 4.69) is 26.0 Å². The van der Waals surface area contributed by atoms with Gasteiger partial charge in [0.05, 0.1) is 29.4 Å². The predicted molar refractivity (Wildman–Crippen MR) is 114 cm³/mol. The average molecular weight is 477 g/mol. The number of imide groups is 1. The van der Waals surface area contributed by atoms with Crippen molar-refractivity contribution in [2.24, 2.45) is 0 Å². The van der Waals surface area contributed by atoms with Gasteiger partial charge in [-0.2, -0.15) is 0 Å². The molecule has 1 heterocycles. The highest BCUT2D eigenvalue weighted by atomic mass is 79.9. The molecule has 1 aliphatic heterocycles. The topological polar surface area (TPSA) is 92.8 Å². The van der Waals surface area contributed by atoms with E-state index < -0.39 is 11.2 Å². The van der Waals surface area contributed by atoms with Crippen LogP contribution < -0.4 is 10.2 Å². The van der Waals surface area contributed by atoms with Crippen LogP contribution in [0.4, 0.5) is 11.4 Å². The molecule has 1 saturated heterocycles. The number of esters is 1. The molecule has 1 aliphatic rings. The molecule has 0 saturated carbocycles. The molecule has 1 fully saturated rings. The van der Waals surface area contributed by atoms with Crippen molar-refractivity contribution < 1.29 is 23.9 Å². The zero-order valence-electron chi connectivity index (χ0n) is 15.4. The molecule has 150 valence electrons. The fourth-order valence-electron chi connectivity index (χ4n) is 2.78. The Morgan fingerprint density at radius 1 is 1.14 bits per heavy atom. The molecule has 0 spiro atoms. The van der Waals surface area contributed by atoms with Crippen LogP contribution in [0.5, 0.6) is 0 Å². The molecule has 1 atom stereocenters. The number of nitrogens with one attached hydrogen (secondary N) is 1. The number of anilines is 2. The first-order valence-corrected chi connectivity index (χ1v) is 10.5. The first-order valence-electron chi connectivity index (χ1n) is 8.61. The van der Waals surface area contributed by atoms with Crippen molar-refractivity contribution in [2.75, 3.05) is 23.1 Å². The van der Waals surface area contributed by atoms with Gasteiger partial charge in [0, 0.05) is 16.6 Å². The van der Waals surface area contributed by atoms with Gasteiger partial charge in [-0.15, -0.1) is 11.8 Å². The van der Waals surface area contributed by atoms with E-state index in [1.54, 1.807) is 12.1 Å². The summed E-state index contributed by atoms with van der Waals surface area (Å²) in [5.41, 5.74) is 1.36. The minimum Gasteiger partial charge on any atom is -0.465 e. The summed E-state index contributed by atoms with van der Waals surface area (Å²) in [6, 6.07) is 13.2. The molecule has 1 N–H and O–H groups in total. The maximum absolute atomic E-state index is 12.7. The van der Waals surface area contributed by atoms with Gasteiger partial charge in [0.2, 0.25) is 17.7 Å². The third-order valence-electron chi connectivity index (χ3n) is 4.20. The Labute approximate surface area is 179 Å². The van der Waals surface area contributed by atoms with Crippen molar-refractivity contribution in [3.05, 3.63) is 58.6 Å². The summed E-state index contributed by atoms with van der Waals surface area (Å²) in [5, 5.41) is 2.12. The summed E-state index contributed by atoms with van der Waals surface area (Å²) in [7, 11) is 1.28. The first kappa shape index (κ1) is 21.1. The highest BCUT2D eigenvalue weighted by molar-refractivity contribution is 9.10. The molecule has 3 amide bonds. The van der Waals surface area contributed by atoms with Gasteiger partial charge in [-0.05, 0) is 48.5 Å². The fourth-order valence-corrected chi connectivity index (χ4v) is 3.97. The van der Waals surface area contributed by atoms with Crippen LogP contribution in [-0.4, -0.2) is 41.8 Å². The van der Waals surface area contributed by atoms with E-state index in [9.17, 15) is 19.2 Å². The van der Waals surface area contributed by atoms with Gasteiger partial charge < -0.3 is 10.1 Å². The second-order valence-electron chi connectivity index (χ2n) is 6.16. The highest BCUT2D eigenvalue weighted by Gasteiger charge is 2.40. The Bertz CT molecular complexity index is 946. The quantitative estimate of drug-likeness (QED) is 0.508. The number of hydrogen-bond acceptors (Lipinski definition) is 6. The largest absolute Gasteiger partial charge is 0.465 e. The van der Waals surface area contributed by atoms with E-state index >= 15 is 0 Å². The highest BCUT2D eigenvalue weighted by Crippen LogP contribution is 2.30. The molecule has 0 aliphatic carbocycles. The molecule has 0 radical (unpaired) electrons. The lowest BCUT2D eigenvalue weighted by Gasteiger charge is -2.15. The summed E-state index contributed by atoms with van der Waals surface area (Å²) in [5.74, 6) is -1.41. The lowest BCUT2D eigenvalue weighted by molar-refractivity contribution is -0.121. The number of rotatable bonds is 6. The molecule has 29 heavy (non-hydrogen) atoms. The molecule has 9 heteroatoms. The predicted octanol–water partition coefficient (Wildman–Crippen LogP) is 3.24. The zero-order valence-corrected chi connectivity index (χ0v) is 17.8. The third kappa shape index (κ3) is 5.04. The monoisotopic (exact) mass is 476 g/mol. The first-order chi connectivity index (χ1) is 13.9. The second-order valence-corrected chi connectivity index (χ2v) is 8.27. The van der Waals surface area contributed by atoms with Gasteiger partial charge in [-0.25, -0.2) is 9.69 Å². The molecule has 3 rings (SSSR count). The van der Waals surface area contributed by atoms with Crippen molar-refractivity contribution in [1.29, 1.82) is 0 Å². The smallest absolute Gasteiger partial charge is 0.337 e. The van der Waals surface area contributed by atoms with E-state index in [-0.39, 0.29) is 29.9 Å². The normalized spacial score (nSPS) is 16.1. The van der Waals surface area contributed by atoms with Crippen LogP contribution >= 0.6 is 27.7 Å². The van der Waals surface area contributed by atoms with E-state index in [1.807, 2.05) is 12.1 Å². The fraction of sp³-hybridized carbons (Fsp3) is 0.200. The summed E-state index contributed by atoms with van der Waals surface area (Å²) in [6.45, 7) is 0. The van der Waals surface area contributed by atoms with Crippen LogP contribution in [0.3, 0.4) is 0 Å². The zero-order chi connectivity index (χ0) is 21.0. The van der Waals surface area contributed by atoms with Gasteiger partial charge >= 0.3 is 5.97 Å². The van der Waals surface area contributed by atoms with E-state index in [1.165, 1.54) is 31.4 Å². The van der Waals surface area contributed by atoms with Crippen LogP contribution in [0, 0.1) is 0 Å². The number of ether oxygens (including phenoxy) is 1. The number of nitrogens with zero attached hydrogens (tertiary/aromatic N) is 1. The molecule has 2 aromatic rings. The van der Waals surface area contributed by atoms with Crippen LogP contribution in [0.25, 0.3) is 0 Å². The second kappa shape index (κ2) is 9.23. The number of halogens is 1. The minimum atomic E-state index is -0.626. The maximum Gasteiger partial charge on any atom is 0.337 e. The van der Waals surface area contributed by atoms with Crippen molar-refractivity contribution in [2.45, 2.75) is 11.7 Å². The van der Waals surface area contributed by atoms with E-state index in [0.29, 0.717) is 16.9 Å². The molecular formula is C20H17BrN2O5S. The maximum atomic E-state index is 12.7. The van der Waals surface area contributed by atoms with Crippen LogP contribution in [0.1, 0.15) is 16.8 Å². The van der Waals surface area contributed by atoms with Gasteiger partial charge in [-0.1, -0.05) is 15.9 Å². The number of amides is 3. The number of benzene rings is 2. The SMILES string of the molecule is COC(=O)c1ccc(N2C(=O)CC(SCC(=O)Nc3ccc(Br)cc3)C2=O)cc1. The van der Waals surface area contributed by atoms with Crippen molar-refractivity contribution in [3.8, 4) is 0 Å². The van der Waals surface area contributed by atoms with Crippen LogP contribution in [0.2, 0.25) is 0 Å². The average Bonchev–Trinajstić information content (AvgIpc) is 3.01. The Balaban J connectivity index is 1.59. The number of methoxy groups -OCH3 is 1. The lowest BCUT2D eigenvalue weighted by atomic mass is 10.2. The summed E-state index contributed by atoms with van der Waals surface area (Å²) in [6.07, 6.45) is 0.0216. The number of hydrogen-bond donors (Lipinski definition) is 1. The molecule has 0 aromatic heterocycles. The van der Waals surface area contributed by atoms with Crippen LogP contribution in [0.15, 0.2) is 53.0 Å². The summed E-state index contributed by atoms with van der Waals surface area (Å²) < 4.78 is 5.54. The summed E-state index contributed by atoms with van der Waals surface area (Å²) in [4.78, 5) is 49.7. The molecule has 1 unspecified atom stereocenters. The van der Waals surface area contributed by atoms with Gasteiger partial charge in [0.25, 0.3) is 0 Å². The van der Waals surface area contributed by atoms with Crippen molar-refractivity contribution >= 4 is 62.8 Å². The molecule has 2 aromatic carbocycles. The van der Waals surface area contributed by atoms with E-state index in [0.717, 1.165) is 21.1 Å². The minimum absolute atomic E-state index is 0.0216. The molecular weight excluding hydrogens is 460 g/mol. The standard InChI is InChI=1S/C20H17BrN2O5S/c1-28-20(27)12-2-8-15(9-3-12)23-18(25)10-16(19(23)26)29-11-17(24)22-14-6-4-13(21)5-7-14/h2-9,16H,10-11H2,1H3,(H,22,24). The third-order valence-corrected chi connectivity index (χ3v) is 5.92. The van der Waals surface area contributed by atoms with Crippen LogP contribution in [-0.2, 0) is 19.1 Å². The van der Waals surface area contributed by atoms with Gasteiger partial charge in [0.15, 0.2) is 0 Å². The Kier molecular flexibility index (Phi) is 6.71. The Morgan fingerprint density at radius 2 is 1.79 bits per heavy atom. The molecule has 7 nitrogen and oxygen atoms in total. The Morgan fingerprint density at radius 3 is 2.41 bits per heavy atom. The van der Waals surface area contributed by atoms with Crippen molar-refractivity contribution in [3.63, 3.8) is 0 Å². The number of carbonyl (C=O) groups is 4. The Hall–Kier alpha value is -2.65. The number of carbonyl (C=O) groups excluding carboxylic acids is 4. The van der Waals surface area contributed by atoms with Crippen molar-refractivity contribution in [1.82, 2.24) is 0 Å².